The van der Waals surface area contributed by atoms with Gasteiger partial charge in [0.1, 0.15) is 0 Å². The number of rotatable bonds is 26. The second kappa shape index (κ2) is 22.8. The molecular weight excluding hydrogens is 447 g/mol. The van der Waals surface area contributed by atoms with Crippen molar-refractivity contribution in [2.24, 2.45) is 0 Å². The van der Waals surface area contributed by atoms with Gasteiger partial charge < -0.3 is 13.5 Å². The van der Waals surface area contributed by atoms with Crippen molar-refractivity contribution >= 4 is 15.9 Å². The van der Waals surface area contributed by atoms with Gasteiger partial charge in [0.25, 0.3) is 0 Å². The molecule has 6 heteroatoms. The van der Waals surface area contributed by atoms with E-state index in [0.29, 0.717) is 19.0 Å². The van der Waals surface area contributed by atoms with Gasteiger partial charge in [-0.1, -0.05) is 117 Å². The number of hydrogen-bond donors (Lipinski definition) is 0. The molecule has 0 rings (SSSR count). The molecule has 0 fully saturated rings. The quantitative estimate of drug-likeness (QED) is 0.0665. The summed E-state index contributed by atoms with van der Waals surface area (Å²) in [6.07, 6.45) is 22.0. The Balaban J connectivity index is 4.44. The molecule has 4 nitrogen and oxygen atoms in total. The van der Waals surface area contributed by atoms with Gasteiger partial charge in [0.05, 0.1) is 19.0 Å². The first-order valence-corrected chi connectivity index (χ1v) is 19.3. The molecule has 0 saturated carbocycles. The van der Waals surface area contributed by atoms with Crippen molar-refractivity contribution in [1.82, 2.24) is 0 Å². The highest BCUT2D eigenvalue weighted by Crippen LogP contribution is 2.50. The van der Waals surface area contributed by atoms with E-state index in [1.165, 1.54) is 83.5 Å². The lowest BCUT2D eigenvalue weighted by atomic mass is 10.1. The Hall–Kier alpha value is 0.327. The fourth-order valence-electron chi connectivity index (χ4n) is 4.04. The Kier molecular flexibility index (Phi) is 23.0. The first kappa shape index (κ1) is 33.3. The zero-order valence-electron chi connectivity index (χ0n) is 23.1. The molecule has 0 saturated heterocycles. The fraction of sp³-hybridized carbons (Fsp3) is 1.00. The van der Waals surface area contributed by atoms with E-state index in [0.717, 1.165) is 38.7 Å². The minimum atomic E-state index is -3.10. The normalized spacial score (nSPS) is 12.5. The second-order valence-electron chi connectivity index (χ2n) is 10.3. The highest BCUT2D eigenvalue weighted by molar-refractivity contribution is 7.56. The van der Waals surface area contributed by atoms with Crippen LogP contribution >= 0.6 is 7.60 Å². The monoisotopic (exact) mass is 506 g/mol. The molecule has 0 spiro atoms. The van der Waals surface area contributed by atoms with Crippen LogP contribution in [0, 0.1) is 0 Å². The Morgan fingerprint density at radius 2 is 0.848 bits per heavy atom. The molecule has 0 heterocycles. The van der Waals surface area contributed by atoms with Crippen LogP contribution in [0.25, 0.3) is 0 Å². The molecule has 200 valence electrons. The largest absolute Gasteiger partial charge is 0.417 e. The Morgan fingerprint density at radius 1 is 0.515 bits per heavy atom. The van der Waals surface area contributed by atoms with Gasteiger partial charge in [-0.2, -0.15) is 0 Å². The minimum absolute atomic E-state index is 0.474. The molecule has 0 aromatic carbocycles. The van der Waals surface area contributed by atoms with Gasteiger partial charge in [0, 0.05) is 6.61 Å². The average molecular weight is 507 g/mol. The SMILES string of the molecule is CCCCCCCCO[Si](C)(C)CP(=O)(OCCCCCCCC)OCCCCCCCC. The van der Waals surface area contributed by atoms with Crippen molar-refractivity contribution in [1.29, 1.82) is 0 Å². The molecule has 0 aromatic heterocycles. The van der Waals surface area contributed by atoms with Gasteiger partial charge in [-0.25, -0.2) is 0 Å². The lowest BCUT2D eigenvalue weighted by Crippen LogP contribution is -2.36. The lowest BCUT2D eigenvalue weighted by Gasteiger charge is -2.28. The van der Waals surface area contributed by atoms with Crippen LogP contribution in [0.15, 0.2) is 0 Å². The smallest absolute Gasteiger partial charge is 0.330 e. The van der Waals surface area contributed by atoms with Crippen molar-refractivity contribution < 1.29 is 18.0 Å². The summed E-state index contributed by atoms with van der Waals surface area (Å²) in [5, 5.41) is 0. The summed E-state index contributed by atoms with van der Waals surface area (Å²) in [4.78, 5) is 0. The fourth-order valence-corrected chi connectivity index (χ4v) is 10.5. The predicted octanol–water partition coefficient (Wildman–Crippen LogP) is 10.1. The molecule has 0 aliphatic rings. The standard InChI is InChI=1S/C27H59O4PSi/c1-6-9-12-15-18-21-24-29-32(28,30-25-22-19-16-13-10-7-2)27-33(4,5)31-26-23-20-17-14-11-8-3/h6-27H2,1-5H3. The number of unbranched alkanes of at least 4 members (excludes halogenated alkanes) is 15. The van der Waals surface area contributed by atoms with Gasteiger partial charge >= 0.3 is 7.60 Å². The van der Waals surface area contributed by atoms with Gasteiger partial charge in [-0.05, 0) is 32.4 Å². The van der Waals surface area contributed by atoms with Crippen molar-refractivity contribution in [3.63, 3.8) is 0 Å². The van der Waals surface area contributed by atoms with Crippen LogP contribution in [0.2, 0.25) is 13.1 Å². The van der Waals surface area contributed by atoms with Crippen molar-refractivity contribution in [3.8, 4) is 0 Å². The summed E-state index contributed by atoms with van der Waals surface area (Å²) in [5.74, 6) is 0.474. The van der Waals surface area contributed by atoms with Crippen LogP contribution in [0.5, 0.6) is 0 Å². The van der Waals surface area contributed by atoms with E-state index in [1.54, 1.807) is 0 Å². The van der Waals surface area contributed by atoms with Gasteiger partial charge in [-0.3, -0.25) is 4.57 Å². The first-order chi connectivity index (χ1) is 15.9. The molecule has 0 N–H and O–H groups in total. The second-order valence-corrected chi connectivity index (χ2v) is 17.2. The molecular formula is C27H59O4PSi. The Morgan fingerprint density at radius 3 is 1.24 bits per heavy atom. The van der Waals surface area contributed by atoms with E-state index >= 15 is 0 Å². The maximum Gasteiger partial charge on any atom is 0.330 e. The third-order valence-corrected chi connectivity index (χ3v) is 12.9. The Labute approximate surface area is 209 Å². The van der Waals surface area contributed by atoms with Crippen LogP contribution in [-0.2, 0) is 18.0 Å². The summed E-state index contributed by atoms with van der Waals surface area (Å²) >= 11 is 0. The van der Waals surface area contributed by atoms with Gasteiger partial charge in [-0.15, -0.1) is 0 Å². The highest BCUT2D eigenvalue weighted by Gasteiger charge is 2.36. The maximum atomic E-state index is 13.6. The molecule has 0 atom stereocenters. The minimum Gasteiger partial charge on any atom is -0.417 e. The van der Waals surface area contributed by atoms with Gasteiger partial charge in [0.15, 0.2) is 8.32 Å². The summed E-state index contributed by atoms with van der Waals surface area (Å²) in [7, 11) is -5.20. The first-order valence-electron chi connectivity index (χ1n) is 14.4. The molecule has 0 aromatic rings. The zero-order valence-corrected chi connectivity index (χ0v) is 25.0. The van der Waals surface area contributed by atoms with E-state index in [1.807, 2.05) is 0 Å². The average Bonchev–Trinajstić information content (AvgIpc) is 2.77. The molecule has 0 unspecified atom stereocenters. The summed E-state index contributed by atoms with van der Waals surface area (Å²) in [6.45, 7) is 12.9. The van der Waals surface area contributed by atoms with Crippen LogP contribution < -0.4 is 0 Å². The molecule has 0 aliphatic carbocycles. The molecule has 0 radical (unpaired) electrons. The maximum absolute atomic E-state index is 13.6. The van der Waals surface area contributed by atoms with E-state index in [4.69, 9.17) is 13.5 Å². The van der Waals surface area contributed by atoms with E-state index in [9.17, 15) is 4.57 Å². The third kappa shape index (κ3) is 22.5. The van der Waals surface area contributed by atoms with Crippen molar-refractivity contribution in [2.45, 2.75) is 149 Å². The topological polar surface area (TPSA) is 44.8 Å². The van der Waals surface area contributed by atoms with Gasteiger partial charge in [0.2, 0.25) is 0 Å². The predicted molar refractivity (Wildman–Crippen MR) is 148 cm³/mol. The highest BCUT2D eigenvalue weighted by atomic mass is 31.2. The van der Waals surface area contributed by atoms with E-state index < -0.39 is 15.9 Å². The van der Waals surface area contributed by atoms with Crippen LogP contribution in [0.3, 0.4) is 0 Å². The molecule has 0 bridgehead atoms. The summed E-state index contributed by atoms with van der Waals surface area (Å²) < 4.78 is 31.9. The van der Waals surface area contributed by atoms with Crippen molar-refractivity contribution in [2.75, 3.05) is 25.6 Å². The van der Waals surface area contributed by atoms with Crippen LogP contribution in [0.1, 0.15) is 136 Å². The molecule has 0 amide bonds. The molecule has 0 aliphatic heterocycles. The van der Waals surface area contributed by atoms with E-state index in [2.05, 4.69) is 33.9 Å². The zero-order chi connectivity index (χ0) is 24.7. The Bertz CT molecular complexity index is 437. The third-order valence-electron chi connectivity index (χ3n) is 6.14. The van der Waals surface area contributed by atoms with Crippen LogP contribution in [0.4, 0.5) is 0 Å². The number of hydrogen-bond acceptors (Lipinski definition) is 4. The van der Waals surface area contributed by atoms with E-state index in [-0.39, 0.29) is 0 Å². The van der Waals surface area contributed by atoms with Crippen molar-refractivity contribution in [3.05, 3.63) is 0 Å². The van der Waals surface area contributed by atoms with Crippen LogP contribution in [-0.4, -0.2) is 33.9 Å². The molecule has 33 heavy (non-hydrogen) atoms. The summed E-state index contributed by atoms with van der Waals surface area (Å²) in [6, 6.07) is 0. The summed E-state index contributed by atoms with van der Waals surface area (Å²) in [5.41, 5.74) is 0. The lowest BCUT2D eigenvalue weighted by molar-refractivity contribution is 0.198.